The lowest BCUT2D eigenvalue weighted by molar-refractivity contribution is -0.136. The summed E-state index contributed by atoms with van der Waals surface area (Å²) in [6.45, 7) is 1.75. The molecule has 0 radical (unpaired) electrons. The lowest BCUT2D eigenvalue weighted by Crippen LogP contribution is -2.40. The number of oxime groups is 1. The molecule has 0 spiro atoms. The minimum Gasteiger partial charge on any atom is -0.409 e. The number of nitrogens with zero attached hydrogens (tertiary/aromatic N) is 2. The quantitative estimate of drug-likeness (QED) is 0.310. The molecule has 17 heavy (non-hydrogen) atoms. The maximum absolute atomic E-state index is 12.2. The van der Waals surface area contributed by atoms with Crippen molar-refractivity contribution in [1.29, 1.82) is 0 Å². The smallest absolute Gasteiger partial charge is 0.228 e. The summed E-state index contributed by atoms with van der Waals surface area (Å²) in [5.41, 5.74) is 5.43. The zero-order valence-corrected chi connectivity index (χ0v) is 9.84. The molecule has 1 saturated carbocycles. The molecule has 6 nitrogen and oxygen atoms in total. The molecule has 1 amide bonds. The second-order valence-corrected chi connectivity index (χ2v) is 4.66. The van der Waals surface area contributed by atoms with Gasteiger partial charge in [-0.15, -0.1) is 0 Å². The molecule has 1 atom stereocenters. The predicted octanol–water partition coefficient (Wildman–Crippen LogP) is 0.150. The third kappa shape index (κ3) is 3.09. The van der Waals surface area contributed by atoms with Crippen molar-refractivity contribution in [2.24, 2.45) is 16.8 Å². The van der Waals surface area contributed by atoms with E-state index in [1.54, 1.807) is 0 Å². The average Bonchev–Trinajstić information content (AvgIpc) is 3.02. The Balaban J connectivity index is 1.89. The molecule has 0 aromatic rings. The molecule has 2 rings (SSSR count). The summed E-state index contributed by atoms with van der Waals surface area (Å²) in [6, 6.07) is 0.356. The van der Waals surface area contributed by atoms with Gasteiger partial charge >= 0.3 is 0 Å². The van der Waals surface area contributed by atoms with E-state index >= 15 is 0 Å². The zero-order valence-electron chi connectivity index (χ0n) is 9.84. The molecule has 3 N–H and O–H groups in total. The number of carbonyl (C=O) groups excluding carboxylic acids is 1. The fraction of sp³-hybridized carbons (Fsp3) is 0.818. The molecule has 2 aliphatic rings. The van der Waals surface area contributed by atoms with Crippen LogP contribution in [0.2, 0.25) is 0 Å². The first-order valence-electron chi connectivity index (χ1n) is 6.07. The Kier molecular flexibility index (Phi) is 3.83. The van der Waals surface area contributed by atoms with Crippen LogP contribution in [0.5, 0.6) is 0 Å². The number of hydrogen-bond donors (Lipinski definition) is 2. The molecule has 96 valence electrons. The van der Waals surface area contributed by atoms with Gasteiger partial charge in [0.05, 0.1) is 12.5 Å². The van der Waals surface area contributed by atoms with E-state index in [2.05, 4.69) is 5.16 Å². The maximum Gasteiger partial charge on any atom is 0.228 e. The van der Waals surface area contributed by atoms with E-state index in [9.17, 15) is 4.79 Å². The summed E-state index contributed by atoms with van der Waals surface area (Å²) in [5.74, 6) is 0.338. The first-order valence-corrected chi connectivity index (χ1v) is 6.07. The third-order valence-corrected chi connectivity index (χ3v) is 3.29. The molecule has 1 aliphatic heterocycles. The predicted molar refractivity (Wildman–Crippen MR) is 61.7 cm³/mol. The Hall–Kier alpha value is -1.30. The minimum atomic E-state index is 0.00268. The molecule has 6 heteroatoms. The summed E-state index contributed by atoms with van der Waals surface area (Å²) in [6.07, 6.45) is 3.36. The van der Waals surface area contributed by atoms with Crippen molar-refractivity contribution in [3.8, 4) is 0 Å². The van der Waals surface area contributed by atoms with Crippen molar-refractivity contribution in [1.82, 2.24) is 4.90 Å². The fourth-order valence-electron chi connectivity index (χ4n) is 2.11. The molecule has 1 unspecified atom stereocenters. The van der Waals surface area contributed by atoms with E-state index < -0.39 is 0 Å². The highest BCUT2D eigenvalue weighted by Gasteiger charge is 2.36. The van der Waals surface area contributed by atoms with Gasteiger partial charge in [0.2, 0.25) is 5.91 Å². The van der Waals surface area contributed by atoms with Crippen LogP contribution < -0.4 is 5.73 Å². The largest absolute Gasteiger partial charge is 0.409 e. The van der Waals surface area contributed by atoms with Gasteiger partial charge in [0.15, 0.2) is 0 Å². The second-order valence-electron chi connectivity index (χ2n) is 4.66. The van der Waals surface area contributed by atoms with Gasteiger partial charge in [-0.1, -0.05) is 5.16 Å². The van der Waals surface area contributed by atoms with Crippen molar-refractivity contribution in [3.05, 3.63) is 0 Å². The van der Waals surface area contributed by atoms with Crippen molar-refractivity contribution in [3.63, 3.8) is 0 Å². The summed E-state index contributed by atoms with van der Waals surface area (Å²) in [5, 5.41) is 11.4. The topological polar surface area (TPSA) is 88.2 Å². The van der Waals surface area contributed by atoms with Gasteiger partial charge in [0.25, 0.3) is 0 Å². The SMILES string of the molecule is N/C(CCN(C(=O)C1CCOC1)C1CC1)=N/O. The van der Waals surface area contributed by atoms with E-state index in [1.165, 1.54) is 0 Å². The van der Waals surface area contributed by atoms with Gasteiger partial charge in [-0.25, -0.2) is 0 Å². The Morgan fingerprint density at radius 2 is 2.24 bits per heavy atom. The molecule has 1 heterocycles. The second kappa shape index (κ2) is 5.35. The highest BCUT2D eigenvalue weighted by atomic mass is 16.5. The number of ether oxygens (including phenoxy) is 1. The molecule has 1 saturated heterocycles. The van der Waals surface area contributed by atoms with E-state index in [0.717, 1.165) is 19.3 Å². The van der Waals surface area contributed by atoms with Gasteiger partial charge in [-0.3, -0.25) is 4.79 Å². The molecule has 1 aliphatic carbocycles. The van der Waals surface area contributed by atoms with Gasteiger partial charge in [0, 0.05) is 25.6 Å². The number of rotatable bonds is 5. The lowest BCUT2D eigenvalue weighted by Gasteiger charge is -2.24. The summed E-state index contributed by atoms with van der Waals surface area (Å²) < 4.78 is 5.24. The number of amidine groups is 1. The fourth-order valence-corrected chi connectivity index (χ4v) is 2.11. The zero-order chi connectivity index (χ0) is 12.3. The average molecular weight is 241 g/mol. The van der Waals surface area contributed by atoms with Crippen LogP contribution in [-0.4, -0.2) is 47.7 Å². The van der Waals surface area contributed by atoms with Crippen molar-refractivity contribution >= 4 is 11.7 Å². The Morgan fingerprint density at radius 3 is 2.76 bits per heavy atom. The van der Waals surface area contributed by atoms with Crippen molar-refractivity contribution in [2.45, 2.75) is 31.7 Å². The highest BCUT2D eigenvalue weighted by Crippen LogP contribution is 2.29. The first kappa shape index (κ1) is 12.2. The molecular weight excluding hydrogens is 222 g/mol. The minimum absolute atomic E-state index is 0.00268. The standard InChI is InChI=1S/C11H19N3O3/c12-10(13-16)3-5-14(9-1-2-9)11(15)8-4-6-17-7-8/h8-9,16H,1-7H2,(H2,12,13). The monoisotopic (exact) mass is 241 g/mol. The molecule has 0 aromatic carbocycles. The van der Waals surface area contributed by atoms with Crippen molar-refractivity contribution < 1.29 is 14.7 Å². The molecule has 0 bridgehead atoms. The van der Waals surface area contributed by atoms with Crippen LogP contribution in [0.25, 0.3) is 0 Å². The molecule has 2 fully saturated rings. The van der Waals surface area contributed by atoms with Gasteiger partial charge < -0.3 is 20.6 Å². The van der Waals surface area contributed by atoms with E-state index in [0.29, 0.717) is 32.2 Å². The van der Waals surface area contributed by atoms with Crippen LogP contribution in [-0.2, 0) is 9.53 Å². The van der Waals surface area contributed by atoms with Crippen LogP contribution in [0.1, 0.15) is 25.7 Å². The van der Waals surface area contributed by atoms with E-state index in [4.69, 9.17) is 15.7 Å². The first-order chi connectivity index (χ1) is 8.22. The summed E-state index contributed by atoms with van der Waals surface area (Å²) >= 11 is 0. The van der Waals surface area contributed by atoms with E-state index in [-0.39, 0.29) is 17.7 Å². The van der Waals surface area contributed by atoms with Crippen LogP contribution in [0.15, 0.2) is 5.16 Å². The van der Waals surface area contributed by atoms with E-state index in [1.807, 2.05) is 4.90 Å². The van der Waals surface area contributed by atoms with Gasteiger partial charge in [0.1, 0.15) is 5.84 Å². The van der Waals surface area contributed by atoms with Crippen LogP contribution >= 0.6 is 0 Å². The Morgan fingerprint density at radius 1 is 1.47 bits per heavy atom. The number of nitrogens with two attached hydrogens (primary N) is 1. The molecular formula is C11H19N3O3. The summed E-state index contributed by atoms with van der Waals surface area (Å²) in [4.78, 5) is 14.1. The summed E-state index contributed by atoms with van der Waals surface area (Å²) in [7, 11) is 0. The van der Waals surface area contributed by atoms with Crippen LogP contribution in [0.4, 0.5) is 0 Å². The lowest BCUT2D eigenvalue weighted by atomic mass is 10.1. The molecule has 0 aromatic heterocycles. The third-order valence-electron chi connectivity index (χ3n) is 3.29. The van der Waals surface area contributed by atoms with Crippen LogP contribution in [0.3, 0.4) is 0 Å². The maximum atomic E-state index is 12.2. The number of carbonyl (C=O) groups is 1. The number of hydrogen-bond acceptors (Lipinski definition) is 4. The Labute approximate surface area is 100 Å². The van der Waals surface area contributed by atoms with Gasteiger partial charge in [-0.2, -0.15) is 0 Å². The normalized spacial score (nSPS) is 24.9. The van der Waals surface area contributed by atoms with Crippen LogP contribution in [0, 0.1) is 5.92 Å². The number of amides is 1. The highest BCUT2D eigenvalue weighted by molar-refractivity contribution is 5.82. The van der Waals surface area contributed by atoms with Gasteiger partial charge in [-0.05, 0) is 19.3 Å². The Bertz CT molecular complexity index is 309. The van der Waals surface area contributed by atoms with Crippen molar-refractivity contribution in [2.75, 3.05) is 19.8 Å².